The molecule has 1 fully saturated rings. The Kier molecular flexibility index (Phi) is 8.54. The summed E-state index contributed by atoms with van der Waals surface area (Å²) < 4.78 is 0.657. The number of aliphatic hydroxyl groups is 1. The number of nitrogens with one attached hydrogen (secondary N) is 3. The van der Waals surface area contributed by atoms with Crippen LogP contribution in [0.3, 0.4) is 0 Å². The lowest BCUT2D eigenvalue weighted by Gasteiger charge is -2.14. The van der Waals surface area contributed by atoms with E-state index in [9.17, 15) is 9.90 Å². The van der Waals surface area contributed by atoms with E-state index < -0.39 is 6.10 Å². The molecule has 0 aliphatic heterocycles. The van der Waals surface area contributed by atoms with Gasteiger partial charge in [-0.15, -0.1) is 11.3 Å². The van der Waals surface area contributed by atoms with Crippen LogP contribution >= 0.6 is 22.9 Å². The maximum Gasteiger partial charge on any atom is 0.227 e. The van der Waals surface area contributed by atoms with E-state index in [1.807, 2.05) is 37.3 Å². The Labute approximate surface area is 186 Å². The number of aliphatic imine (C=N–C) groups is 1. The zero-order valence-electron chi connectivity index (χ0n) is 17.2. The van der Waals surface area contributed by atoms with Gasteiger partial charge in [-0.3, -0.25) is 4.79 Å². The standard InChI is InChI=1S/C22H29ClN4O2S/c1-2-24-22(26-14-18(28)19-10-11-20(23)30-19)25-13-15-6-5-9-17(12-15)27-21(29)16-7-3-4-8-16/h5-6,9-12,16,18,28H,2-4,7-8,13-14H2,1H3,(H,27,29)(H2,24,25,26). The fraction of sp³-hybridized carbons (Fsp3) is 0.455. The lowest BCUT2D eigenvalue weighted by Crippen LogP contribution is -2.39. The van der Waals surface area contributed by atoms with Gasteiger partial charge in [0, 0.05) is 29.6 Å². The van der Waals surface area contributed by atoms with Crippen LogP contribution in [-0.4, -0.2) is 30.1 Å². The molecule has 1 amide bonds. The molecule has 1 aromatic carbocycles. The van der Waals surface area contributed by atoms with Crippen molar-refractivity contribution in [3.63, 3.8) is 0 Å². The molecule has 1 aliphatic carbocycles. The molecule has 0 bridgehead atoms. The van der Waals surface area contributed by atoms with Crippen molar-refractivity contribution in [1.29, 1.82) is 0 Å². The summed E-state index contributed by atoms with van der Waals surface area (Å²) >= 11 is 7.31. The van der Waals surface area contributed by atoms with Gasteiger partial charge in [0.25, 0.3) is 0 Å². The summed E-state index contributed by atoms with van der Waals surface area (Å²) in [6.45, 7) is 3.50. The topological polar surface area (TPSA) is 85.8 Å². The van der Waals surface area contributed by atoms with Gasteiger partial charge in [-0.1, -0.05) is 36.6 Å². The Morgan fingerprint density at radius 3 is 2.77 bits per heavy atom. The highest BCUT2D eigenvalue weighted by atomic mass is 35.5. The molecule has 0 radical (unpaired) electrons. The molecule has 1 unspecified atom stereocenters. The minimum Gasteiger partial charge on any atom is -0.386 e. The van der Waals surface area contributed by atoms with Crippen molar-refractivity contribution in [3.05, 3.63) is 51.2 Å². The number of amides is 1. The third-order valence-corrected chi connectivity index (χ3v) is 6.40. The summed E-state index contributed by atoms with van der Waals surface area (Å²) in [4.78, 5) is 17.8. The molecular weight excluding hydrogens is 420 g/mol. The second-order valence-corrected chi connectivity index (χ2v) is 9.15. The zero-order valence-corrected chi connectivity index (χ0v) is 18.7. The van der Waals surface area contributed by atoms with Crippen LogP contribution in [-0.2, 0) is 11.3 Å². The van der Waals surface area contributed by atoms with Gasteiger partial charge in [0.2, 0.25) is 5.91 Å². The molecule has 162 valence electrons. The molecule has 0 spiro atoms. The van der Waals surface area contributed by atoms with Gasteiger partial charge in [-0.25, -0.2) is 4.99 Å². The maximum atomic E-state index is 12.4. The fourth-order valence-electron chi connectivity index (χ4n) is 3.49. The molecule has 1 atom stereocenters. The van der Waals surface area contributed by atoms with Crippen molar-refractivity contribution in [2.45, 2.75) is 45.3 Å². The number of nitrogens with zero attached hydrogens (tertiary/aromatic N) is 1. The molecule has 2 aromatic rings. The Hall–Kier alpha value is -2.09. The Balaban J connectivity index is 1.56. The highest BCUT2D eigenvalue weighted by Crippen LogP contribution is 2.27. The van der Waals surface area contributed by atoms with Crippen LogP contribution in [0.25, 0.3) is 0 Å². The number of hydrogen-bond donors (Lipinski definition) is 4. The van der Waals surface area contributed by atoms with Gasteiger partial charge in [0.05, 0.1) is 10.9 Å². The average Bonchev–Trinajstić information content (AvgIpc) is 3.42. The number of anilines is 1. The highest BCUT2D eigenvalue weighted by molar-refractivity contribution is 7.16. The van der Waals surface area contributed by atoms with E-state index in [1.54, 1.807) is 6.07 Å². The number of carbonyl (C=O) groups is 1. The Morgan fingerprint density at radius 1 is 1.27 bits per heavy atom. The van der Waals surface area contributed by atoms with Crippen molar-refractivity contribution in [1.82, 2.24) is 10.6 Å². The number of hydrogen-bond acceptors (Lipinski definition) is 4. The molecule has 1 heterocycles. The van der Waals surface area contributed by atoms with E-state index >= 15 is 0 Å². The first-order chi connectivity index (χ1) is 14.5. The smallest absolute Gasteiger partial charge is 0.227 e. The van der Waals surface area contributed by atoms with Crippen molar-refractivity contribution in [2.75, 3.05) is 18.4 Å². The molecule has 8 heteroatoms. The zero-order chi connectivity index (χ0) is 21.3. The van der Waals surface area contributed by atoms with Crippen molar-refractivity contribution in [3.8, 4) is 0 Å². The highest BCUT2D eigenvalue weighted by Gasteiger charge is 2.22. The molecule has 1 saturated carbocycles. The minimum atomic E-state index is -0.652. The van der Waals surface area contributed by atoms with E-state index in [4.69, 9.17) is 11.6 Å². The van der Waals surface area contributed by atoms with Gasteiger partial charge in [0.1, 0.15) is 6.10 Å². The van der Waals surface area contributed by atoms with Crippen molar-refractivity contribution >= 4 is 40.5 Å². The summed E-state index contributed by atoms with van der Waals surface area (Å²) in [5.74, 6) is 0.881. The van der Waals surface area contributed by atoms with E-state index in [1.165, 1.54) is 11.3 Å². The number of benzene rings is 1. The van der Waals surface area contributed by atoms with Crippen LogP contribution in [0, 0.1) is 5.92 Å². The van der Waals surface area contributed by atoms with Crippen LogP contribution in [0.15, 0.2) is 41.4 Å². The molecular formula is C22H29ClN4O2S. The van der Waals surface area contributed by atoms with Gasteiger partial charge in [0.15, 0.2) is 5.96 Å². The SMILES string of the molecule is CCNC(=NCc1cccc(NC(=O)C2CCCC2)c1)NCC(O)c1ccc(Cl)s1. The molecule has 3 rings (SSSR count). The van der Waals surface area contributed by atoms with Crippen LogP contribution in [0.2, 0.25) is 4.34 Å². The number of thiophene rings is 1. The first-order valence-corrected chi connectivity index (χ1v) is 11.6. The second kappa shape index (κ2) is 11.3. The second-order valence-electron chi connectivity index (χ2n) is 7.40. The van der Waals surface area contributed by atoms with Gasteiger partial charge >= 0.3 is 0 Å². The lowest BCUT2D eigenvalue weighted by molar-refractivity contribution is -0.119. The minimum absolute atomic E-state index is 0.117. The molecule has 1 aromatic heterocycles. The number of rotatable bonds is 8. The van der Waals surface area contributed by atoms with E-state index in [0.717, 1.165) is 41.8 Å². The normalized spacial score (nSPS) is 15.8. The predicted molar refractivity (Wildman–Crippen MR) is 124 cm³/mol. The third kappa shape index (κ3) is 6.72. The summed E-state index contributed by atoms with van der Waals surface area (Å²) in [5, 5.41) is 19.7. The van der Waals surface area contributed by atoms with Crippen LogP contribution in [0.1, 0.15) is 49.2 Å². The van der Waals surface area contributed by atoms with Gasteiger partial charge in [-0.2, -0.15) is 0 Å². The lowest BCUT2D eigenvalue weighted by atomic mass is 10.1. The van der Waals surface area contributed by atoms with Crippen molar-refractivity contribution < 1.29 is 9.90 Å². The summed E-state index contributed by atoms with van der Waals surface area (Å²) in [7, 11) is 0. The maximum absolute atomic E-state index is 12.4. The van der Waals surface area contributed by atoms with E-state index in [2.05, 4.69) is 20.9 Å². The average molecular weight is 449 g/mol. The summed E-state index contributed by atoms with van der Waals surface area (Å²) in [6.07, 6.45) is 3.59. The monoisotopic (exact) mass is 448 g/mol. The molecule has 30 heavy (non-hydrogen) atoms. The first kappa shape index (κ1) is 22.6. The van der Waals surface area contributed by atoms with E-state index in [-0.39, 0.29) is 11.8 Å². The Morgan fingerprint density at radius 2 is 2.07 bits per heavy atom. The van der Waals surface area contributed by atoms with Crippen LogP contribution in [0.4, 0.5) is 5.69 Å². The Bertz CT molecular complexity index is 864. The molecule has 4 N–H and O–H groups in total. The first-order valence-electron chi connectivity index (χ1n) is 10.4. The van der Waals surface area contributed by atoms with E-state index in [0.29, 0.717) is 29.9 Å². The van der Waals surface area contributed by atoms with Gasteiger partial charge < -0.3 is 21.1 Å². The molecule has 0 saturated heterocycles. The third-order valence-electron chi connectivity index (χ3n) is 5.07. The number of guanidine groups is 1. The summed E-state index contributed by atoms with van der Waals surface area (Å²) in [6, 6.07) is 11.4. The van der Waals surface area contributed by atoms with Gasteiger partial charge in [-0.05, 0) is 49.6 Å². The van der Waals surface area contributed by atoms with Crippen molar-refractivity contribution in [2.24, 2.45) is 10.9 Å². The molecule has 6 nitrogen and oxygen atoms in total. The number of aliphatic hydroxyl groups excluding tert-OH is 1. The molecule has 1 aliphatic rings. The van der Waals surface area contributed by atoms with Crippen LogP contribution in [0.5, 0.6) is 0 Å². The quantitative estimate of drug-likeness (QED) is 0.358. The number of halogens is 1. The predicted octanol–water partition coefficient (Wildman–Crippen LogP) is 4.32. The van der Waals surface area contributed by atoms with Crippen LogP contribution < -0.4 is 16.0 Å². The summed E-state index contributed by atoms with van der Waals surface area (Å²) in [5.41, 5.74) is 1.81. The fourth-order valence-corrected chi connectivity index (χ4v) is 4.54. The number of carbonyl (C=O) groups excluding carboxylic acids is 1. The largest absolute Gasteiger partial charge is 0.386 e.